The van der Waals surface area contributed by atoms with Gasteiger partial charge in [-0.3, -0.25) is 0 Å². The fourth-order valence-electron chi connectivity index (χ4n) is 3.00. The molecule has 3 aromatic rings. The first-order chi connectivity index (χ1) is 10.3. The van der Waals surface area contributed by atoms with Crippen LogP contribution in [0, 0.1) is 0 Å². The van der Waals surface area contributed by atoms with E-state index in [1.807, 2.05) is 18.2 Å². The van der Waals surface area contributed by atoms with Gasteiger partial charge in [-0.25, -0.2) is 0 Å². The van der Waals surface area contributed by atoms with Gasteiger partial charge in [0.2, 0.25) is 0 Å². The second-order valence-electron chi connectivity index (χ2n) is 5.57. The Balaban J connectivity index is 1.59. The lowest BCUT2D eigenvalue weighted by molar-refractivity contribution is 0.584. The number of benzene rings is 2. The van der Waals surface area contributed by atoms with Gasteiger partial charge in [0, 0.05) is 30.8 Å². The molecular weight excluding hydrogens is 262 g/mol. The minimum Gasteiger partial charge on any atom is -0.423 e. The van der Waals surface area contributed by atoms with Crippen molar-refractivity contribution in [1.82, 2.24) is 4.98 Å². The van der Waals surface area contributed by atoms with Crippen LogP contribution in [0.15, 0.2) is 52.9 Å². The Bertz CT molecular complexity index is 766. The zero-order valence-electron chi connectivity index (χ0n) is 11.7. The van der Waals surface area contributed by atoms with Gasteiger partial charge in [0.15, 0.2) is 5.58 Å². The highest BCUT2D eigenvalue weighted by molar-refractivity contribution is 5.78. The first-order valence-electron chi connectivity index (χ1n) is 7.25. The molecule has 1 unspecified atom stereocenters. The summed E-state index contributed by atoms with van der Waals surface area (Å²) in [5.74, 6) is 0.547. The first-order valence-corrected chi connectivity index (χ1v) is 7.25. The first kappa shape index (κ1) is 12.3. The molecule has 2 aromatic carbocycles. The smallest absolute Gasteiger partial charge is 0.298 e. The molecule has 4 rings (SSSR count). The van der Waals surface area contributed by atoms with Crippen LogP contribution >= 0.6 is 0 Å². The van der Waals surface area contributed by atoms with Crippen molar-refractivity contribution in [2.75, 3.05) is 23.7 Å². The molecule has 21 heavy (non-hydrogen) atoms. The molecular formula is C17H17N3O. The number of nitrogens with zero attached hydrogens (tertiary/aromatic N) is 2. The summed E-state index contributed by atoms with van der Waals surface area (Å²) in [7, 11) is 0. The van der Waals surface area contributed by atoms with Crippen molar-refractivity contribution in [2.24, 2.45) is 0 Å². The second kappa shape index (κ2) is 4.81. The molecule has 0 amide bonds. The fraction of sp³-hybridized carbons (Fsp3) is 0.235. The third-order valence-corrected chi connectivity index (χ3v) is 4.13. The van der Waals surface area contributed by atoms with E-state index in [0.29, 0.717) is 17.6 Å². The van der Waals surface area contributed by atoms with E-state index < -0.39 is 0 Å². The molecule has 2 N–H and O–H groups in total. The van der Waals surface area contributed by atoms with Crippen LogP contribution in [0.25, 0.3) is 11.1 Å². The summed E-state index contributed by atoms with van der Waals surface area (Å²) in [6.07, 6.45) is 1.13. The zero-order valence-corrected chi connectivity index (χ0v) is 11.7. The van der Waals surface area contributed by atoms with Crippen molar-refractivity contribution in [3.05, 3.63) is 54.1 Å². The maximum absolute atomic E-state index is 5.85. The van der Waals surface area contributed by atoms with Gasteiger partial charge in [-0.05, 0) is 24.1 Å². The molecule has 4 nitrogen and oxygen atoms in total. The average molecular weight is 279 g/mol. The Morgan fingerprint density at radius 2 is 2.00 bits per heavy atom. The maximum atomic E-state index is 5.85. The molecule has 106 valence electrons. The van der Waals surface area contributed by atoms with E-state index in [1.165, 1.54) is 5.56 Å². The lowest BCUT2D eigenvalue weighted by Gasteiger charge is -2.13. The van der Waals surface area contributed by atoms with Crippen molar-refractivity contribution >= 4 is 22.8 Å². The quantitative estimate of drug-likeness (QED) is 0.730. The van der Waals surface area contributed by atoms with E-state index in [0.717, 1.165) is 30.6 Å². The Morgan fingerprint density at radius 1 is 1.14 bits per heavy atom. The highest BCUT2D eigenvalue weighted by Gasteiger charge is 2.26. The van der Waals surface area contributed by atoms with E-state index in [-0.39, 0.29) is 0 Å². The van der Waals surface area contributed by atoms with Crippen LogP contribution in [0.5, 0.6) is 0 Å². The van der Waals surface area contributed by atoms with Crippen LogP contribution in [0.4, 0.5) is 11.7 Å². The van der Waals surface area contributed by atoms with Crippen LogP contribution in [-0.4, -0.2) is 18.1 Å². The largest absolute Gasteiger partial charge is 0.423 e. The van der Waals surface area contributed by atoms with Crippen molar-refractivity contribution in [1.29, 1.82) is 0 Å². The topological polar surface area (TPSA) is 55.3 Å². The minimum absolute atomic E-state index is 0.547. The molecule has 1 aliphatic heterocycles. The molecule has 4 heteroatoms. The molecule has 0 bridgehead atoms. The van der Waals surface area contributed by atoms with Gasteiger partial charge in [-0.15, -0.1) is 0 Å². The van der Waals surface area contributed by atoms with Crippen LogP contribution in [-0.2, 0) is 0 Å². The predicted molar refractivity (Wildman–Crippen MR) is 84.4 cm³/mol. The van der Waals surface area contributed by atoms with Gasteiger partial charge in [0.05, 0.1) is 0 Å². The molecule has 0 aliphatic carbocycles. The third-order valence-electron chi connectivity index (χ3n) is 4.13. The van der Waals surface area contributed by atoms with Gasteiger partial charge in [-0.1, -0.05) is 30.3 Å². The van der Waals surface area contributed by atoms with E-state index in [9.17, 15) is 0 Å². The van der Waals surface area contributed by atoms with E-state index >= 15 is 0 Å². The monoisotopic (exact) mass is 279 g/mol. The Hall–Kier alpha value is -2.49. The van der Waals surface area contributed by atoms with Crippen LogP contribution < -0.4 is 10.6 Å². The maximum Gasteiger partial charge on any atom is 0.298 e. The number of aromatic nitrogens is 1. The molecule has 0 saturated carbocycles. The summed E-state index contributed by atoms with van der Waals surface area (Å²) in [4.78, 5) is 6.78. The molecule has 0 spiro atoms. The molecule has 2 heterocycles. The van der Waals surface area contributed by atoms with Gasteiger partial charge in [-0.2, -0.15) is 4.98 Å². The fourth-order valence-corrected chi connectivity index (χ4v) is 3.00. The zero-order chi connectivity index (χ0) is 14.2. The normalized spacial score (nSPS) is 18.5. The van der Waals surface area contributed by atoms with Gasteiger partial charge in [0.25, 0.3) is 6.01 Å². The summed E-state index contributed by atoms with van der Waals surface area (Å²) < 4.78 is 5.85. The standard InChI is InChI=1S/C17H17N3O/c18-14-6-7-15-16(10-14)21-17(19-15)20-9-8-13(11-20)12-4-2-1-3-5-12/h1-7,10,13H,8-9,11,18H2. The van der Waals surface area contributed by atoms with Gasteiger partial charge >= 0.3 is 0 Å². The van der Waals surface area contributed by atoms with Crippen LogP contribution in [0.1, 0.15) is 17.9 Å². The molecule has 1 fully saturated rings. The van der Waals surface area contributed by atoms with Crippen molar-refractivity contribution in [2.45, 2.75) is 12.3 Å². The van der Waals surface area contributed by atoms with Gasteiger partial charge in [0.1, 0.15) is 5.52 Å². The lowest BCUT2D eigenvalue weighted by atomic mass is 9.99. The highest BCUT2D eigenvalue weighted by atomic mass is 16.4. The van der Waals surface area contributed by atoms with Gasteiger partial charge < -0.3 is 15.1 Å². The number of hydrogen-bond acceptors (Lipinski definition) is 4. The van der Waals surface area contributed by atoms with E-state index in [4.69, 9.17) is 10.2 Å². The summed E-state index contributed by atoms with van der Waals surface area (Å²) in [5.41, 5.74) is 9.50. The van der Waals surface area contributed by atoms with E-state index in [1.54, 1.807) is 0 Å². The number of rotatable bonds is 2. The number of nitrogens with two attached hydrogens (primary N) is 1. The third kappa shape index (κ3) is 2.23. The number of fused-ring (bicyclic) bond motifs is 1. The van der Waals surface area contributed by atoms with Crippen molar-refractivity contribution in [3.63, 3.8) is 0 Å². The summed E-state index contributed by atoms with van der Waals surface area (Å²) in [6, 6.07) is 16.9. The molecule has 1 aliphatic rings. The van der Waals surface area contributed by atoms with E-state index in [2.05, 4.69) is 40.2 Å². The molecule has 1 atom stereocenters. The van der Waals surface area contributed by atoms with Crippen molar-refractivity contribution < 1.29 is 4.42 Å². The summed E-state index contributed by atoms with van der Waals surface area (Å²) in [5, 5.41) is 0. The lowest BCUT2D eigenvalue weighted by Crippen LogP contribution is -2.19. The minimum atomic E-state index is 0.547. The van der Waals surface area contributed by atoms with Crippen LogP contribution in [0.2, 0.25) is 0 Å². The summed E-state index contributed by atoms with van der Waals surface area (Å²) in [6.45, 7) is 1.92. The van der Waals surface area contributed by atoms with Crippen molar-refractivity contribution in [3.8, 4) is 0 Å². The average Bonchev–Trinajstić information content (AvgIpc) is 3.14. The summed E-state index contributed by atoms with van der Waals surface area (Å²) >= 11 is 0. The SMILES string of the molecule is Nc1ccc2nc(N3CCC(c4ccccc4)C3)oc2c1. The number of hydrogen-bond donors (Lipinski definition) is 1. The molecule has 0 radical (unpaired) electrons. The Kier molecular flexibility index (Phi) is 2.81. The molecule has 1 saturated heterocycles. The number of anilines is 2. The number of nitrogen functional groups attached to an aromatic ring is 1. The van der Waals surface area contributed by atoms with Crippen LogP contribution in [0.3, 0.4) is 0 Å². The number of oxazole rings is 1. The Morgan fingerprint density at radius 3 is 2.86 bits per heavy atom. The Labute approximate surface area is 123 Å². The second-order valence-corrected chi connectivity index (χ2v) is 5.57. The predicted octanol–water partition coefficient (Wildman–Crippen LogP) is 3.40. The highest BCUT2D eigenvalue weighted by Crippen LogP contribution is 2.32. The molecule has 1 aromatic heterocycles.